The smallest absolute Gasteiger partial charge is 0.262 e. The minimum Gasteiger partial charge on any atom is -0.484 e. The monoisotopic (exact) mass is 428 g/mol. The van der Waals surface area contributed by atoms with Gasteiger partial charge in [0.05, 0.1) is 0 Å². The van der Waals surface area contributed by atoms with Gasteiger partial charge in [0.15, 0.2) is 12.2 Å². The molecule has 1 N–H and O–H groups in total. The molecular formula is C27H28N2O3. The third-order valence-electron chi connectivity index (χ3n) is 5.23. The fourth-order valence-corrected chi connectivity index (χ4v) is 3.62. The predicted octanol–water partition coefficient (Wildman–Crippen LogP) is 6.43. The van der Waals surface area contributed by atoms with Gasteiger partial charge in [0.25, 0.3) is 5.91 Å². The highest BCUT2D eigenvalue weighted by Crippen LogP contribution is 2.28. The molecule has 4 rings (SSSR count). The molecule has 5 nitrogen and oxygen atoms in total. The highest BCUT2D eigenvalue weighted by atomic mass is 16.5. The number of carbonyl (C=O) groups is 1. The first-order valence-corrected chi connectivity index (χ1v) is 10.7. The summed E-state index contributed by atoms with van der Waals surface area (Å²) in [6.45, 7) is 10.5. The van der Waals surface area contributed by atoms with Gasteiger partial charge in [-0.15, -0.1) is 0 Å². The molecule has 0 spiro atoms. The molecule has 0 aliphatic heterocycles. The molecule has 4 aromatic rings. The molecule has 164 valence electrons. The van der Waals surface area contributed by atoms with Gasteiger partial charge in [-0.3, -0.25) is 4.79 Å². The van der Waals surface area contributed by atoms with Crippen molar-refractivity contribution < 1.29 is 13.9 Å². The van der Waals surface area contributed by atoms with Crippen molar-refractivity contribution >= 4 is 22.7 Å². The summed E-state index contributed by atoms with van der Waals surface area (Å²) in [5.74, 6) is 0.998. The van der Waals surface area contributed by atoms with Gasteiger partial charge in [0.2, 0.25) is 5.89 Å². The standard InChI is InChI=1S/C27H28N2O3/c1-17-12-18(2)14-19(13-17)26-29-23-15-21(8-11-24(23)32-26)28-25(30)16-31-22-9-6-20(7-10-22)27(3,4)5/h6-15H,16H2,1-5H3,(H,28,30). The summed E-state index contributed by atoms with van der Waals surface area (Å²) in [5, 5.41) is 2.86. The van der Waals surface area contributed by atoms with Crippen molar-refractivity contribution in [3.8, 4) is 17.2 Å². The van der Waals surface area contributed by atoms with E-state index in [4.69, 9.17) is 9.15 Å². The summed E-state index contributed by atoms with van der Waals surface area (Å²) in [4.78, 5) is 17.0. The van der Waals surface area contributed by atoms with E-state index in [-0.39, 0.29) is 17.9 Å². The van der Waals surface area contributed by atoms with Gasteiger partial charge in [-0.05, 0) is 67.3 Å². The SMILES string of the molecule is Cc1cc(C)cc(-c2nc3cc(NC(=O)COc4ccc(C(C)(C)C)cc4)ccc3o2)c1. The van der Waals surface area contributed by atoms with Gasteiger partial charge < -0.3 is 14.5 Å². The fraction of sp³-hybridized carbons (Fsp3) is 0.259. The maximum absolute atomic E-state index is 12.4. The Kier molecular flexibility index (Phi) is 5.74. The van der Waals surface area contributed by atoms with E-state index in [1.54, 1.807) is 12.1 Å². The number of aromatic nitrogens is 1. The van der Waals surface area contributed by atoms with Crippen LogP contribution >= 0.6 is 0 Å². The van der Waals surface area contributed by atoms with Crippen LogP contribution in [0.15, 0.2) is 65.1 Å². The highest BCUT2D eigenvalue weighted by Gasteiger charge is 2.14. The van der Waals surface area contributed by atoms with Crippen LogP contribution in [0.1, 0.15) is 37.5 Å². The lowest BCUT2D eigenvalue weighted by atomic mass is 9.87. The number of amides is 1. The number of nitrogens with zero attached hydrogens (tertiary/aromatic N) is 1. The molecule has 1 heterocycles. The fourth-order valence-electron chi connectivity index (χ4n) is 3.62. The predicted molar refractivity (Wildman–Crippen MR) is 128 cm³/mol. The summed E-state index contributed by atoms with van der Waals surface area (Å²) in [5.41, 5.74) is 6.56. The minimum atomic E-state index is -0.234. The molecule has 0 saturated heterocycles. The van der Waals surface area contributed by atoms with E-state index in [1.165, 1.54) is 5.56 Å². The zero-order valence-corrected chi connectivity index (χ0v) is 19.2. The second kappa shape index (κ2) is 8.50. The van der Waals surface area contributed by atoms with Gasteiger partial charge in [-0.25, -0.2) is 4.98 Å². The summed E-state index contributed by atoms with van der Waals surface area (Å²) in [6.07, 6.45) is 0. The third-order valence-corrected chi connectivity index (χ3v) is 5.23. The molecule has 32 heavy (non-hydrogen) atoms. The lowest BCUT2D eigenvalue weighted by Crippen LogP contribution is -2.20. The Hall–Kier alpha value is -3.60. The second-order valence-corrected chi connectivity index (χ2v) is 9.19. The maximum atomic E-state index is 12.4. The molecule has 0 saturated carbocycles. The van der Waals surface area contributed by atoms with Crippen molar-refractivity contribution in [3.05, 3.63) is 77.4 Å². The molecule has 1 amide bonds. The van der Waals surface area contributed by atoms with E-state index in [9.17, 15) is 4.79 Å². The first-order chi connectivity index (χ1) is 15.2. The van der Waals surface area contributed by atoms with Crippen LogP contribution in [0.3, 0.4) is 0 Å². The van der Waals surface area contributed by atoms with Gasteiger partial charge >= 0.3 is 0 Å². The molecule has 0 aliphatic carbocycles. The summed E-state index contributed by atoms with van der Waals surface area (Å²) >= 11 is 0. The Morgan fingerprint density at radius 3 is 2.31 bits per heavy atom. The van der Waals surface area contributed by atoms with Crippen LogP contribution in [0.25, 0.3) is 22.6 Å². The largest absolute Gasteiger partial charge is 0.484 e. The summed E-state index contributed by atoms with van der Waals surface area (Å²) in [6, 6.07) is 19.5. The number of carbonyl (C=O) groups excluding carboxylic acids is 1. The van der Waals surface area contributed by atoms with Crippen LogP contribution < -0.4 is 10.1 Å². The van der Waals surface area contributed by atoms with Crippen LogP contribution in [-0.4, -0.2) is 17.5 Å². The average molecular weight is 429 g/mol. The minimum absolute atomic E-state index is 0.0699. The number of nitrogens with one attached hydrogen (secondary N) is 1. The van der Waals surface area contributed by atoms with Crippen molar-refractivity contribution in [3.63, 3.8) is 0 Å². The van der Waals surface area contributed by atoms with Crippen molar-refractivity contribution in [1.82, 2.24) is 4.98 Å². The number of aryl methyl sites for hydroxylation is 2. The first kappa shape index (κ1) is 21.6. The number of benzene rings is 3. The van der Waals surface area contributed by atoms with Crippen molar-refractivity contribution in [2.75, 3.05) is 11.9 Å². The lowest BCUT2D eigenvalue weighted by molar-refractivity contribution is -0.118. The molecule has 0 atom stereocenters. The quantitative estimate of drug-likeness (QED) is 0.398. The molecule has 0 unspecified atom stereocenters. The number of ether oxygens (including phenoxy) is 1. The highest BCUT2D eigenvalue weighted by molar-refractivity contribution is 5.94. The van der Waals surface area contributed by atoms with E-state index in [0.29, 0.717) is 28.4 Å². The van der Waals surface area contributed by atoms with E-state index in [2.05, 4.69) is 37.1 Å². The normalized spacial score (nSPS) is 11.5. The molecule has 5 heteroatoms. The molecular weight excluding hydrogens is 400 g/mol. The zero-order chi connectivity index (χ0) is 22.9. The van der Waals surface area contributed by atoms with E-state index >= 15 is 0 Å². The Morgan fingerprint density at radius 2 is 1.66 bits per heavy atom. The van der Waals surface area contributed by atoms with Crippen LogP contribution in [-0.2, 0) is 10.2 Å². The van der Waals surface area contributed by atoms with Crippen molar-refractivity contribution in [1.29, 1.82) is 0 Å². The number of hydrogen-bond acceptors (Lipinski definition) is 4. The van der Waals surface area contributed by atoms with Crippen molar-refractivity contribution in [2.24, 2.45) is 0 Å². The van der Waals surface area contributed by atoms with Crippen LogP contribution in [0.4, 0.5) is 5.69 Å². The third kappa shape index (κ3) is 4.99. The van der Waals surface area contributed by atoms with Gasteiger partial charge in [-0.1, -0.05) is 50.1 Å². The Labute approximate surface area is 188 Å². The van der Waals surface area contributed by atoms with Crippen LogP contribution in [0, 0.1) is 13.8 Å². The molecule has 0 fully saturated rings. The lowest BCUT2D eigenvalue weighted by Gasteiger charge is -2.19. The molecule has 0 bridgehead atoms. The number of oxazole rings is 1. The van der Waals surface area contributed by atoms with E-state index in [1.807, 2.05) is 56.3 Å². The summed E-state index contributed by atoms with van der Waals surface area (Å²) in [7, 11) is 0. The van der Waals surface area contributed by atoms with E-state index in [0.717, 1.165) is 16.7 Å². The average Bonchev–Trinajstić information content (AvgIpc) is 3.15. The first-order valence-electron chi connectivity index (χ1n) is 10.7. The molecule has 0 aliphatic rings. The zero-order valence-electron chi connectivity index (χ0n) is 19.2. The van der Waals surface area contributed by atoms with E-state index < -0.39 is 0 Å². The van der Waals surface area contributed by atoms with Crippen molar-refractivity contribution in [2.45, 2.75) is 40.0 Å². The Balaban J connectivity index is 1.42. The second-order valence-electron chi connectivity index (χ2n) is 9.19. The summed E-state index contributed by atoms with van der Waals surface area (Å²) < 4.78 is 11.5. The molecule has 3 aromatic carbocycles. The number of anilines is 1. The molecule has 0 radical (unpaired) electrons. The van der Waals surface area contributed by atoms with Gasteiger partial charge in [0, 0.05) is 11.3 Å². The van der Waals surface area contributed by atoms with Crippen LogP contribution in [0.5, 0.6) is 5.75 Å². The molecule has 1 aromatic heterocycles. The van der Waals surface area contributed by atoms with Gasteiger partial charge in [-0.2, -0.15) is 0 Å². The Morgan fingerprint density at radius 1 is 0.969 bits per heavy atom. The topological polar surface area (TPSA) is 64.4 Å². The van der Waals surface area contributed by atoms with Crippen LogP contribution in [0.2, 0.25) is 0 Å². The maximum Gasteiger partial charge on any atom is 0.262 e. The number of hydrogen-bond donors (Lipinski definition) is 1. The number of fused-ring (bicyclic) bond motifs is 1. The number of rotatable bonds is 5. The van der Waals surface area contributed by atoms with Gasteiger partial charge in [0.1, 0.15) is 11.3 Å². The Bertz CT molecular complexity index is 1240.